The minimum atomic E-state index is -0.729. The van der Waals surface area contributed by atoms with E-state index in [1.165, 1.54) is 0 Å². The van der Waals surface area contributed by atoms with Crippen molar-refractivity contribution in [2.24, 2.45) is 5.92 Å². The number of pyridine rings is 1. The van der Waals surface area contributed by atoms with Gasteiger partial charge in [-0.15, -0.1) is 0 Å². The summed E-state index contributed by atoms with van der Waals surface area (Å²) in [5.41, 5.74) is 0.837. The Morgan fingerprint density at radius 3 is 2.88 bits per heavy atom. The minimum absolute atomic E-state index is 0.0206. The number of anilines is 1. The summed E-state index contributed by atoms with van der Waals surface area (Å²) in [5.74, 6) is -0.421. The van der Waals surface area contributed by atoms with Crippen LogP contribution in [0.1, 0.15) is 19.8 Å². The second-order valence-electron chi connectivity index (χ2n) is 4.09. The first-order chi connectivity index (χ1) is 8.20. The zero-order valence-electron chi connectivity index (χ0n) is 9.72. The molecule has 5 heteroatoms. The second-order valence-corrected chi connectivity index (χ2v) is 4.09. The first-order valence-electron chi connectivity index (χ1n) is 5.79. The molecule has 2 rings (SSSR count). The number of nitrogens with zero attached hydrogens (tertiary/aromatic N) is 1. The Morgan fingerprint density at radius 1 is 1.59 bits per heavy atom. The van der Waals surface area contributed by atoms with Crippen LogP contribution >= 0.6 is 0 Å². The Labute approximate surface area is 99.8 Å². The Bertz CT molecular complexity index is 391. The van der Waals surface area contributed by atoms with Crippen LogP contribution < -0.4 is 10.1 Å². The van der Waals surface area contributed by atoms with Crippen molar-refractivity contribution in [3.8, 4) is 5.88 Å². The number of nitrogens with one attached hydrogen (secondary N) is 1. The number of ether oxygens (including phenoxy) is 1. The standard InChI is InChI=1S/C12H16N2O3/c1-2-17-11-6-3-8(7-13-11)14-10-5-4-9(10)12(15)16/h3,6-7,9-10,14H,2,4-5H2,1H3,(H,15,16). The molecule has 2 N–H and O–H groups in total. The Hall–Kier alpha value is -1.78. The molecule has 0 bridgehead atoms. The summed E-state index contributed by atoms with van der Waals surface area (Å²) in [6.45, 7) is 2.49. The van der Waals surface area contributed by atoms with E-state index >= 15 is 0 Å². The van der Waals surface area contributed by atoms with E-state index in [1.54, 1.807) is 12.3 Å². The predicted octanol–water partition coefficient (Wildman–Crippen LogP) is 1.76. The summed E-state index contributed by atoms with van der Waals surface area (Å²) in [5, 5.41) is 12.1. The van der Waals surface area contributed by atoms with Crippen molar-refractivity contribution < 1.29 is 14.6 Å². The molecular formula is C12H16N2O3. The monoisotopic (exact) mass is 236 g/mol. The number of hydrogen-bond donors (Lipinski definition) is 2. The van der Waals surface area contributed by atoms with E-state index in [9.17, 15) is 4.79 Å². The second kappa shape index (κ2) is 5.03. The Morgan fingerprint density at radius 2 is 2.41 bits per heavy atom. The van der Waals surface area contributed by atoms with Crippen molar-refractivity contribution in [1.29, 1.82) is 0 Å². The lowest BCUT2D eigenvalue weighted by atomic mass is 9.79. The summed E-state index contributed by atoms with van der Waals surface area (Å²) >= 11 is 0. The van der Waals surface area contributed by atoms with Crippen LogP contribution in [0.4, 0.5) is 5.69 Å². The van der Waals surface area contributed by atoms with Gasteiger partial charge in [-0.2, -0.15) is 0 Å². The predicted molar refractivity (Wildman–Crippen MR) is 63.2 cm³/mol. The van der Waals surface area contributed by atoms with Gasteiger partial charge in [0.1, 0.15) is 0 Å². The minimum Gasteiger partial charge on any atom is -0.481 e. The molecule has 17 heavy (non-hydrogen) atoms. The lowest BCUT2D eigenvalue weighted by Crippen LogP contribution is -2.42. The quantitative estimate of drug-likeness (QED) is 0.815. The molecule has 1 aliphatic rings. The number of aliphatic carboxylic acids is 1. The van der Waals surface area contributed by atoms with Crippen LogP contribution in [-0.2, 0) is 4.79 Å². The first kappa shape index (κ1) is 11.7. The van der Waals surface area contributed by atoms with Crippen LogP contribution in [0.3, 0.4) is 0 Å². The molecule has 2 unspecified atom stereocenters. The fourth-order valence-electron chi connectivity index (χ4n) is 1.88. The fourth-order valence-corrected chi connectivity index (χ4v) is 1.88. The van der Waals surface area contributed by atoms with Crippen molar-refractivity contribution in [2.45, 2.75) is 25.8 Å². The van der Waals surface area contributed by atoms with Crippen molar-refractivity contribution >= 4 is 11.7 Å². The van der Waals surface area contributed by atoms with E-state index in [0.29, 0.717) is 12.5 Å². The van der Waals surface area contributed by atoms with Gasteiger partial charge in [-0.05, 0) is 25.8 Å². The van der Waals surface area contributed by atoms with E-state index in [-0.39, 0.29) is 12.0 Å². The van der Waals surface area contributed by atoms with E-state index in [2.05, 4.69) is 10.3 Å². The molecule has 92 valence electrons. The molecule has 1 aromatic heterocycles. The van der Waals surface area contributed by atoms with Gasteiger partial charge in [0, 0.05) is 12.1 Å². The molecule has 0 amide bonds. The molecule has 1 aliphatic carbocycles. The average molecular weight is 236 g/mol. The highest BCUT2D eigenvalue weighted by Gasteiger charge is 2.36. The van der Waals surface area contributed by atoms with E-state index in [0.717, 1.165) is 18.5 Å². The number of aromatic nitrogens is 1. The average Bonchev–Trinajstić information content (AvgIpc) is 2.26. The van der Waals surface area contributed by atoms with Gasteiger partial charge in [0.05, 0.1) is 24.4 Å². The van der Waals surface area contributed by atoms with Crippen LogP contribution in [0, 0.1) is 5.92 Å². The third-order valence-corrected chi connectivity index (χ3v) is 2.97. The summed E-state index contributed by atoms with van der Waals surface area (Å²) in [6, 6.07) is 3.66. The van der Waals surface area contributed by atoms with Gasteiger partial charge in [0.15, 0.2) is 0 Å². The van der Waals surface area contributed by atoms with Crippen LogP contribution in [0.5, 0.6) is 5.88 Å². The molecule has 1 aromatic rings. The van der Waals surface area contributed by atoms with Gasteiger partial charge in [0.25, 0.3) is 0 Å². The van der Waals surface area contributed by atoms with E-state index in [1.807, 2.05) is 13.0 Å². The largest absolute Gasteiger partial charge is 0.481 e. The Balaban J connectivity index is 1.93. The van der Waals surface area contributed by atoms with Crippen LogP contribution in [0.25, 0.3) is 0 Å². The van der Waals surface area contributed by atoms with Crippen molar-refractivity contribution in [1.82, 2.24) is 4.98 Å². The molecule has 0 spiro atoms. The highest BCUT2D eigenvalue weighted by atomic mass is 16.5. The molecular weight excluding hydrogens is 220 g/mol. The van der Waals surface area contributed by atoms with Gasteiger partial charge < -0.3 is 15.2 Å². The van der Waals surface area contributed by atoms with E-state index < -0.39 is 5.97 Å². The lowest BCUT2D eigenvalue weighted by molar-refractivity contribution is -0.144. The molecule has 0 radical (unpaired) electrons. The van der Waals surface area contributed by atoms with Crippen LogP contribution in [0.2, 0.25) is 0 Å². The maximum atomic E-state index is 10.8. The summed E-state index contributed by atoms with van der Waals surface area (Å²) < 4.78 is 5.23. The molecule has 1 heterocycles. The normalized spacial score (nSPS) is 22.6. The van der Waals surface area contributed by atoms with Crippen molar-refractivity contribution in [2.75, 3.05) is 11.9 Å². The number of hydrogen-bond acceptors (Lipinski definition) is 4. The molecule has 2 atom stereocenters. The number of carboxylic acid groups (broad SMARTS) is 1. The lowest BCUT2D eigenvalue weighted by Gasteiger charge is -2.34. The molecule has 5 nitrogen and oxygen atoms in total. The summed E-state index contributed by atoms with van der Waals surface area (Å²) in [4.78, 5) is 15.0. The van der Waals surface area contributed by atoms with Crippen molar-refractivity contribution in [3.05, 3.63) is 18.3 Å². The first-order valence-corrected chi connectivity index (χ1v) is 5.79. The SMILES string of the molecule is CCOc1ccc(NC2CCC2C(=O)O)cn1. The highest BCUT2D eigenvalue weighted by Crippen LogP contribution is 2.30. The topological polar surface area (TPSA) is 71.5 Å². The molecule has 0 saturated heterocycles. The van der Waals surface area contributed by atoms with Gasteiger partial charge in [-0.3, -0.25) is 4.79 Å². The van der Waals surface area contributed by atoms with E-state index in [4.69, 9.17) is 9.84 Å². The van der Waals surface area contributed by atoms with Gasteiger partial charge in [-0.25, -0.2) is 4.98 Å². The van der Waals surface area contributed by atoms with Gasteiger partial charge >= 0.3 is 5.97 Å². The number of rotatable bonds is 5. The maximum Gasteiger partial charge on any atom is 0.308 e. The third kappa shape index (κ3) is 2.67. The zero-order valence-corrected chi connectivity index (χ0v) is 9.72. The maximum absolute atomic E-state index is 10.8. The molecule has 1 saturated carbocycles. The molecule has 0 aromatic carbocycles. The summed E-state index contributed by atoms with van der Waals surface area (Å²) in [7, 11) is 0. The number of carboxylic acids is 1. The fraction of sp³-hybridized carbons (Fsp3) is 0.500. The van der Waals surface area contributed by atoms with Crippen LogP contribution in [-0.4, -0.2) is 28.7 Å². The number of carbonyl (C=O) groups is 1. The van der Waals surface area contributed by atoms with Crippen LogP contribution in [0.15, 0.2) is 18.3 Å². The molecule has 1 fully saturated rings. The smallest absolute Gasteiger partial charge is 0.308 e. The highest BCUT2D eigenvalue weighted by molar-refractivity contribution is 5.73. The zero-order chi connectivity index (χ0) is 12.3. The Kier molecular flexibility index (Phi) is 3.46. The molecule has 0 aliphatic heterocycles. The van der Waals surface area contributed by atoms with Gasteiger partial charge in [0.2, 0.25) is 5.88 Å². The van der Waals surface area contributed by atoms with Crippen molar-refractivity contribution in [3.63, 3.8) is 0 Å². The summed E-state index contributed by atoms with van der Waals surface area (Å²) in [6.07, 6.45) is 3.31. The van der Waals surface area contributed by atoms with Gasteiger partial charge in [-0.1, -0.05) is 0 Å². The third-order valence-electron chi connectivity index (χ3n) is 2.97.